The van der Waals surface area contributed by atoms with Crippen molar-refractivity contribution in [2.45, 2.75) is 38.3 Å². The second kappa shape index (κ2) is 2.80. The minimum absolute atomic E-state index is 0.321. The number of aliphatic hydroxyl groups excluding tert-OH is 1. The number of fused-ring (bicyclic) bond motifs is 2. The van der Waals surface area contributed by atoms with E-state index in [1.807, 2.05) is 0 Å². The van der Waals surface area contributed by atoms with Gasteiger partial charge in [-0.15, -0.1) is 0 Å². The highest BCUT2D eigenvalue weighted by Crippen LogP contribution is 2.47. The van der Waals surface area contributed by atoms with Crippen LogP contribution in [0, 0.1) is 22.7 Å². The smallest absolute Gasteiger partial charge is 0.121 e. The number of hydrogen-bond acceptors (Lipinski definition) is 3. The minimum atomic E-state index is -0.462. The second-order valence-electron chi connectivity index (χ2n) is 4.26. The molecule has 2 bridgehead atoms. The van der Waals surface area contributed by atoms with Gasteiger partial charge in [0.2, 0.25) is 0 Å². The quantitative estimate of drug-likeness (QED) is 0.605. The third-order valence-electron chi connectivity index (χ3n) is 3.79. The van der Waals surface area contributed by atoms with Gasteiger partial charge in [0.25, 0.3) is 0 Å². The Morgan fingerprint density at radius 1 is 1.42 bits per heavy atom. The highest BCUT2D eigenvalue weighted by Gasteiger charge is 2.46. The summed E-state index contributed by atoms with van der Waals surface area (Å²) in [5.74, 6) is 1.59. The molecule has 4 unspecified atom stereocenters. The predicted octanol–water partition coefficient (Wildman–Crippen LogP) is 1.55. The molecular weight excluding hydrogens is 154 g/mol. The summed E-state index contributed by atoms with van der Waals surface area (Å²) in [5.41, 5.74) is 0. The van der Waals surface area contributed by atoms with E-state index in [1.54, 1.807) is 0 Å². The van der Waals surface area contributed by atoms with E-state index in [4.69, 9.17) is 0 Å². The van der Waals surface area contributed by atoms with E-state index in [-0.39, 0.29) is 6.04 Å². The van der Waals surface area contributed by atoms with Crippen LogP contribution in [-0.4, -0.2) is 17.3 Å². The Bertz CT molecular complexity index is 195. The van der Waals surface area contributed by atoms with Gasteiger partial charge in [0.1, 0.15) is 6.04 Å². The SMILES string of the molecule is C[C@H]1C2CCC1C(N=O)C(O)C2. The van der Waals surface area contributed by atoms with Gasteiger partial charge in [0.15, 0.2) is 0 Å². The standard InChI is InChI=1S/C9H15NO2/c1-5-6-2-3-7(5)9(10-12)8(11)4-6/h5-9,11H,2-4H2,1H3/t5-,6?,7?,8?,9?/m0/s1. The number of nitrogens with zero attached hydrogens (tertiary/aromatic N) is 1. The molecule has 0 radical (unpaired) electrons. The van der Waals surface area contributed by atoms with Gasteiger partial charge in [-0.2, -0.15) is 4.91 Å². The number of nitroso groups, excluding NO2 is 1. The molecule has 1 N–H and O–H groups in total. The normalized spacial score (nSPS) is 52.3. The molecule has 2 saturated carbocycles. The molecule has 0 aromatic carbocycles. The predicted molar refractivity (Wildman–Crippen MR) is 45.6 cm³/mol. The monoisotopic (exact) mass is 169 g/mol. The van der Waals surface area contributed by atoms with Crippen LogP contribution in [0.4, 0.5) is 0 Å². The molecule has 0 saturated heterocycles. The molecule has 2 rings (SSSR count). The molecule has 0 aromatic rings. The van der Waals surface area contributed by atoms with Crippen LogP contribution in [0.1, 0.15) is 26.2 Å². The molecule has 0 heterocycles. The molecule has 2 aliphatic rings. The van der Waals surface area contributed by atoms with Gasteiger partial charge in [-0.1, -0.05) is 12.1 Å². The molecule has 3 nitrogen and oxygen atoms in total. The minimum Gasteiger partial charge on any atom is -0.391 e. The van der Waals surface area contributed by atoms with Crippen molar-refractivity contribution >= 4 is 0 Å². The average Bonchev–Trinajstić information content (AvgIpc) is 2.34. The molecule has 2 fully saturated rings. The van der Waals surface area contributed by atoms with Crippen molar-refractivity contribution in [2.24, 2.45) is 22.9 Å². The van der Waals surface area contributed by atoms with Crippen LogP contribution in [0.2, 0.25) is 0 Å². The fourth-order valence-electron chi connectivity index (χ4n) is 2.98. The van der Waals surface area contributed by atoms with Gasteiger partial charge >= 0.3 is 0 Å². The van der Waals surface area contributed by atoms with E-state index in [0.29, 0.717) is 17.8 Å². The van der Waals surface area contributed by atoms with Gasteiger partial charge in [-0.3, -0.25) is 0 Å². The van der Waals surface area contributed by atoms with E-state index < -0.39 is 6.10 Å². The Morgan fingerprint density at radius 2 is 2.17 bits per heavy atom. The highest BCUT2D eigenvalue weighted by atomic mass is 16.3. The van der Waals surface area contributed by atoms with Crippen LogP contribution in [0.3, 0.4) is 0 Å². The van der Waals surface area contributed by atoms with Crippen LogP contribution in [0.5, 0.6) is 0 Å². The van der Waals surface area contributed by atoms with Crippen molar-refractivity contribution in [1.82, 2.24) is 0 Å². The van der Waals surface area contributed by atoms with Crippen molar-refractivity contribution in [3.05, 3.63) is 4.91 Å². The summed E-state index contributed by atoms with van der Waals surface area (Å²) in [6, 6.07) is -0.321. The summed E-state index contributed by atoms with van der Waals surface area (Å²) >= 11 is 0. The first-order valence-electron chi connectivity index (χ1n) is 4.74. The molecule has 3 heteroatoms. The number of rotatable bonds is 1. The van der Waals surface area contributed by atoms with E-state index in [0.717, 1.165) is 12.8 Å². The third kappa shape index (κ3) is 0.993. The zero-order chi connectivity index (χ0) is 8.72. The van der Waals surface area contributed by atoms with Crippen LogP contribution in [-0.2, 0) is 0 Å². The average molecular weight is 169 g/mol. The van der Waals surface area contributed by atoms with Crippen LogP contribution >= 0.6 is 0 Å². The fraction of sp³-hybridized carbons (Fsp3) is 1.00. The maximum Gasteiger partial charge on any atom is 0.121 e. The molecule has 12 heavy (non-hydrogen) atoms. The molecule has 0 amide bonds. The lowest BCUT2D eigenvalue weighted by Crippen LogP contribution is -2.40. The van der Waals surface area contributed by atoms with Crippen molar-refractivity contribution in [3.8, 4) is 0 Å². The van der Waals surface area contributed by atoms with Crippen molar-refractivity contribution < 1.29 is 5.11 Å². The maximum absolute atomic E-state index is 10.5. The zero-order valence-corrected chi connectivity index (χ0v) is 7.31. The summed E-state index contributed by atoms with van der Waals surface area (Å²) in [4.78, 5) is 10.5. The van der Waals surface area contributed by atoms with Crippen LogP contribution in [0.25, 0.3) is 0 Å². The fourth-order valence-corrected chi connectivity index (χ4v) is 2.98. The molecule has 0 spiro atoms. The summed E-state index contributed by atoms with van der Waals surface area (Å²) in [6.45, 7) is 2.19. The largest absolute Gasteiger partial charge is 0.391 e. The molecule has 0 aromatic heterocycles. The van der Waals surface area contributed by atoms with Crippen LogP contribution in [0.15, 0.2) is 5.18 Å². The first kappa shape index (κ1) is 8.17. The van der Waals surface area contributed by atoms with Gasteiger partial charge in [-0.05, 0) is 37.0 Å². The van der Waals surface area contributed by atoms with Gasteiger partial charge < -0.3 is 5.11 Å². The summed E-state index contributed by atoms with van der Waals surface area (Å²) < 4.78 is 0. The third-order valence-corrected chi connectivity index (χ3v) is 3.79. The molecule has 2 aliphatic carbocycles. The van der Waals surface area contributed by atoms with E-state index in [9.17, 15) is 10.0 Å². The molecular formula is C9H15NO2. The summed E-state index contributed by atoms with van der Waals surface area (Å²) in [5, 5.41) is 12.6. The van der Waals surface area contributed by atoms with Crippen molar-refractivity contribution in [1.29, 1.82) is 0 Å². The first-order chi connectivity index (χ1) is 5.74. The summed E-state index contributed by atoms with van der Waals surface area (Å²) in [7, 11) is 0. The first-order valence-corrected chi connectivity index (χ1v) is 4.74. The van der Waals surface area contributed by atoms with E-state index >= 15 is 0 Å². The Labute approximate surface area is 72.1 Å². The van der Waals surface area contributed by atoms with Gasteiger partial charge in [0, 0.05) is 0 Å². The summed E-state index contributed by atoms with van der Waals surface area (Å²) in [6.07, 6.45) is 2.58. The topological polar surface area (TPSA) is 49.7 Å². The zero-order valence-electron chi connectivity index (χ0n) is 7.31. The van der Waals surface area contributed by atoms with E-state index in [2.05, 4.69) is 12.1 Å². The van der Waals surface area contributed by atoms with Gasteiger partial charge in [-0.25, -0.2) is 0 Å². The molecule has 5 atom stereocenters. The number of hydrogen-bond donors (Lipinski definition) is 1. The van der Waals surface area contributed by atoms with Gasteiger partial charge in [0.05, 0.1) is 6.10 Å². The Kier molecular flexibility index (Phi) is 1.91. The molecule has 0 aliphatic heterocycles. The van der Waals surface area contributed by atoms with E-state index in [1.165, 1.54) is 6.42 Å². The van der Waals surface area contributed by atoms with Crippen LogP contribution < -0.4 is 0 Å². The number of aliphatic hydroxyl groups is 1. The Hall–Kier alpha value is -0.440. The van der Waals surface area contributed by atoms with Crippen molar-refractivity contribution in [3.63, 3.8) is 0 Å². The Balaban J connectivity index is 2.19. The lowest BCUT2D eigenvalue weighted by Gasteiger charge is -2.33. The maximum atomic E-state index is 10.5. The second-order valence-corrected chi connectivity index (χ2v) is 4.26. The molecule has 68 valence electrons. The van der Waals surface area contributed by atoms with Crippen molar-refractivity contribution in [2.75, 3.05) is 0 Å². The lowest BCUT2D eigenvalue weighted by atomic mass is 9.75. The highest BCUT2D eigenvalue weighted by molar-refractivity contribution is 4.98. The Morgan fingerprint density at radius 3 is 2.83 bits per heavy atom. The lowest BCUT2D eigenvalue weighted by molar-refractivity contribution is 0.0455.